The van der Waals surface area contributed by atoms with Crippen molar-refractivity contribution in [2.75, 3.05) is 13.2 Å². The van der Waals surface area contributed by atoms with E-state index < -0.39 is 35.6 Å². The third-order valence-electron chi connectivity index (χ3n) is 2.41. The lowest BCUT2D eigenvalue weighted by Gasteiger charge is -2.21. The van der Waals surface area contributed by atoms with Crippen molar-refractivity contribution in [1.82, 2.24) is 0 Å². The molecule has 7 heteroatoms. The highest BCUT2D eigenvalue weighted by molar-refractivity contribution is 5.23. The van der Waals surface area contributed by atoms with Gasteiger partial charge in [0.1, 0.15) is 17.7 Å². The van der Waals surface area contributed by atoms with E-state index in [1.165, 1.54) is 0 Å². The summed E-state index contributed by atoms with van der Waals surface area (Å²) in [4.78, 5) is 0. The molecule has 1 aromatic carbocycles. The minimum absolute atomic E-state index is 0.296. The molecule has 0 spiro atoms. The van der Waals surface area contributed by atoms with Crippen LogP contribution >= 0.6 is 0 Å². The van der Waals surface area contributed by atoms with Crippen LogP contribution in [0.25, 0.3) is 0 Å². The smallest absolute Gasteiger partial charge is 0.371 e. The Kier molecular flexibility index (Phi) is 3.54. The van der Waals surface area contributed by atoms with Crippen molar-refractivity contribution in [3.8, 4) is 0 Å². The van der Waals surface area contributed by atoms with Crippen LogP contribution in [0.1, 0.15) is 11.7 Å². The van der Waals surface area contributed by atoms with Gasteiger partial charge in [0.05, 0.1) is 18.8 Å². The highest BCUT2D eigenvalue weighted by atomic mass is 19.4. The number of hydrogen-bond donors (Lipinski definition) is 0. The SMILES string of the molecule is Fc1cccc(F)c1[C@H](OC[C@@H]1CO1)C(F)(F)F. The summed E-state index contributed by atoms with van der Waals surface area (Å²) >= 11 is 0. The molecule has 2 rings (SSSR count). The van der Waals surface area contributed by atoms with E-state index in [2.05, 4.69) is 9.47 Å². The molecule has 100 valence electrons. The van der Waals surface area contributed by atoms with Crippen LogP contribution in [0, 0.1) is 11.6 Å². The number of alkyl halides is 3. The molecule has 0 unspecified atom stereocenters. The lowest BCUT2D eigenvalue weighted by Crippen LogP contribution is -2.27. The molecule has 18 heavy (non-hydrogen) atoms. The van der Waals surface area contributed by atoms with Crippen LogP contribution in [0.4, 0.5) is 22.0 Å². The summed E-state index contributed by atoms with van der Waals surface area (Å²) in [6.07, 6.45) is -7.94. The number of benzene rings is 1. The molecule has 0 radical (unpaired) electrons. The summed E-state index contributed by atoms with van der Waals surface area (Å²) < 4.78 is 74.1. The van der Waals surface area contributed by atoms with Gasteiger partial charge in [-0.25, -0.2) is 8.78 Å². The Morgan fingerprint density at radius 2 is 1.83 bits per heavy atom. The lowest BCUT2D eigenvalue weighted by atomic mass is 10.1. The molecule has 0 saturated carbocycles. The van der Waals surface area contributed by atoms with E-state index in [1.807, 2.05) is 0 Å². The summed E-state index contributed by atoms with van der Waals surface area (Å²) in [5.74, 6) is -2.57. The molecule has 1 saturated heterocycles. The fraction of sp³-hybridized carbons (Fsp3) is 0.455. The molecule has 0 aromatic heterocycles. The number of rotatable bonds is 4. The molecular weight excluding hydrogens is 259 g/mol. The van der Waals surface area contributed by atoms with Gasteiger partial charge in [-0.2, -0.15) is 13.2 Å². The minimum atomic E-state index is -4.89. The number of halogens is 5. The van der Waals surface area contributed by atoms with Crippen molar-refractivity contribution < 1.29 is 31.4 Å². The highest BCUT2D eigenvalue weighted by Crippen LogP contribution is 2.38. The molecule has 1 aromatic rings. The van der Waals surface area contributed by atoms with Crippen LogP contribution < -0.4 is 0 Å². The Labute approximate surface area is 99.3 Å². The summed E-state index contributed by atoms with van der Waals surface area (Å²) in [5, 5.41) is 0. The molecule has 0 N–H and O–H groups in total. The first-order valence-corrected chi connectivity index (χ1v) is 5.13. The van der Waals surface area contributed by atoms with Crippen LogP contribution in [0.3, 0.4) is 0 Å². The first kappa shape index (κ1) is 13.2. The molecule has 2 nitrogen and oxygen atoms in total. The van der Waals surface area contributed by atoms with Gasteiger partial charge < -0.3 is 9.47 Å². The molecule has 0 amide bonds. The largest absolute Gasteiger partial charge is 0.419 e. The van der Waals surface area contributed by atoms with Gasteiger partial charge in [0.2, 0.25) is 0 Å². The summed E-state index contributed by atoms with van der Waals surface area (Å²) in [6.45, 7) is -0.0533. The van der Waals surface area contributed by atoms with Gasteiger partial charge in [0.25, 0.3) is 0 Å². The number of hydrogen-bond acceptors (Lipinski definition) is 2. The van der Waals surface area contributed by atoms with E-state index in [0.717, 1.165) is 18.2 Å². The van der Waals surface area contributed by atoms with Crippen LogP contribution in [-0.2, 0) is 9.47 Å². The van der Waals surface area contributed by atoms with Gasteiger partial charge in [-0.05, 0) is 12.1 Å². The molecule has 1 aliphatic heterocycles. The minimum Gasteiger partial charge on any atom is -0.371 e. The van der Waals surface area contributed by atoms with Crippen molar-refractivity contribution in [1.29, 1.82) is 0 Å². The molecule has 0 bridgehead atoms. The Bertz CT molecular complexity index is 408. The molecule has 1 fully saturated rings. The zero-order valence-corrected chi connectivity index (χ0v) is 9.01. The Hall–Kier alpha value is -1.21. The third kappa shape index (κ3) is 2.97. The Balaban J connectivity index is 2.26. The molecule has 0 aliphatic carbocycles. The normalized spacial score (nSPS) is 20.8. The van der Waals surface area contributed by atoms with E-state index in [0.29, 0.717) is 6.61 Å². The second-order valence-corrected chi connectivity index (χ2v) is 3.85. The van der Waals surface area contributed by atoms with Crippen LogP contribution in [0.15, 0.2) is 18.2 Å². The Morgan fingerprint density at radius 1 is 1.28 bits per heavy atom. The molecule has 1 aliphatic rings. The van der Waals surface area contributed by atoms with E-state index in [-0.39, 0.29) is 6.61 Å². The predicted octanol–water partition coefficient (Wildman–Crippen LogP) is 2.98. The third-order valence-corrected chi connectivity index (χ3v) is 2.41. The van der Waals surface area contributed by atoms with Gasteiger partial charge in [0, 0.05) is 0 Å². The quantitative estimate of drug-likeness (QED) is 0.618. The maximum Gasteiger partial charge on any atom is 0.419 e. The van der Waals surface area contributed by atoms with Gasteiger partial charge in [0.15, 0.2) is 6.10 Å². The van der Waals surface area contributed by atoms with Crippen molar-refractivity contribution in [2.24, 2.45) is 0 Å². The maximum absolute atomic E-state index is 13.3. The van der Waals surface area contributed by atoms with E-state index in [1.54, 1.807) is 0 Å². The summed E-state index contributed by atoms with van der Waals surface area (Å²) in [7, 11) is 0. The zero-order chi connectivity index (χ0) is 13.3. The van der Waals surface area contributed by atoms with Gasteiger partial charge in [-0.15, -0.1) is 0 Å². The average Bonchev–Trinajstić information content (AvgIpc) is 3.04. The lowest BCUT2D eigenvalue weighted by molar-refractivity contribution is -0.226. The van der Waals surface area contributed by atoms with Crippen LogP contribution in [0.5, 0.6) is 0 Å². The van der Waals surface area contributed by atoms with E-state index >= 15 is 0 Å². The van der Waals surface area contributed by atoms with Gasteiger partial charge >= 0.3 is 6.18 Å². The fourth-order valence-electron chi connectivity index (χ4n) is 1.47. The summed E-state index contributed by atoms with van der Waals surface area (Å²) in [5.41, 5.74) is -1.12. The van der Waals surface area contributed by atoms with Crippen molar-refractivity contribution >= 4 is 0 Å². The van der Waals surface area contributed by atoms with Gasteiger partial charge in [-0.1, -0.05) is 6.07 Å². The van der Waals surface area contributed by atoms with Crippen LogP contribution in [0.2, 0.25) is 0 Å². The average molecular weight is 268 g/mol. The standard InChI is InChI=1S/C11H9F5O2/c12-7-2-1-3-8(13)9(7)10(11(14,15)16)18-5-6-4-17-6/h1-3,6,10H,4-5H2/t6-,10-/m0/s1. The summed E-state index contributed by atoms with van der Waals surface area (Å²) in [6, 6.07) is 2.51. The first-order valence-electron chi connectivity index (χ1n) is 5.13. The first-order chi connectivity index (χ1) is 8.39. The van der Waals surface area contributed by atoms with E-state index in [9.17, 15) is 22.0 Å². The second-order valence-electron chi connectivity index (χ2n) is 3.85. The topological polar surface area (TPSA) is 21.8 Å². The van der Waals surface area contributed by atoms with Crippen molar-refractivity contribution in [3.63, 3.8) is 0 Å². The fourth-order valence-corrected chi connectivity index (χ4v) is 1.47. The Morgan fingerprint density at radius 3 is 2.28 bits per heavy atom. The van der Waals surface area contributed by atoms with Gasteiger partial charge in [-0.3, -0.25) is 0 Å². The molecule has 1 heterocycles. The molecular formula is C11H9F5O2. The predicted molar refractivity (Wildman–Crippen MR) is 50.8 cm³/mol. The zero-order valence-electron chi connectivity index (χ0n) is 9.01. The highest BCUT2D eigenvalue weighted by Gasteiger charge is 2.45. The monoisotopic (exact) mass is 268 g/mol. The second kappa shape index (κ2) is 4.81. The molecule has 2 atom stereocenters. The maximum atomic E-state index is 13.3. The van der Waals surface area contributed by atoms with Crippen molar-refractivity contribution in [3.05, 3.63) is 35.4 Å². The van der Waals surface area contributed by atoms with E-state index in [4.69, 9.17) is 0 Å². The number of ether oxygens (including phenoxy) is 2. The van der Waals surface area contributed by atoms with Crippen molar-refractivity contribution in [2.45, 2.75) is 18.4 Å². The number of epoxide rings is 1. The van der Waals surface area contributed by atoms with Crippen LogP contribution in [-0.4, -0.2) is 25.5 Å².